The van der Waals surface area contributed by atoms with Gasteiger partial charge in [-0.05, 0) is 49.3 Å². The summed E-state index contributed by atoms with van der Waals surface area (Å²) in [5.41, 5.74) is 0.757. The van der Waals surface area contributed by atoms with Crippen molar-refractivity contribution in [2.75, 3.05) is 59.1 Å². The first-order valence-corrected chi connectivity index (χ1v) is 14.7. The SMILES string of the molecule is CNS(=O)(=O)Nc1cccc(Cc2c(CN3CCC4(CN(C)C4)C3)c3ccc(OC(=O)N(C)C)cc3oc2=O)c1F. The highest BCUT2D eigenvalue weighted by Gasteiger charge is 2.46. The fourth-order valence-corrected chi connectivity index (χ4v) is 6.37. The van der Waals surface area contributed by atoms with Crippen molar-refractivity contribution in [1.82, 2.24) is 19.4 Å². The zero-order valence-electron chi connectivity index (χ0n) is 23.5. The van der Waals surface area contributed by atoms with Crippen LogP contribution in [0.3, 0.4) is 0 Å². The smallest absolute Gasteiger partial charge is 0.414 e. The van der Waals surface area contributed by atoms with Crippen LogP contribution in [0.1, 0.15) is 23.1 Å². The largest absolute Gasteiger partial charge is 0.422 e. The molecule has 3 aromatic rings. The molecule has 0 unspecified atom stereocenters. The van der Waals surface area contributed by atoms with Crippen LogP contribution < -0.4 is 19.8 Å². The van der Waals surface area contributed by atoms with E-state index >= 15 is 4.39 Å². The van der Waals surface area contributed by atoms with E-state index in [-0.39, 0.29) is 40.0 Å². The van der Waals surface area contributed by atoms with Crippen molar-refractivity contribution in [2.24, 2.45) is 5.41 Å². The normalized spacial score (nSPS) is 17.1. The number of anilines is 1. The topological polar surface area (TPSA) is 124 Å². The number of rotatable bonds is 8. The fourth-order valence-electron chi connectivity index (χ4n) is 5.82. The molecule has 2 saturated heterocycles. The van der Waals surface area contributed by atoms with E-state index in [0.29, 0.717) is 17.5 Å². The van der Waals surface area contributed by atoms with Crippen LogP contribution in [0.4, 0.5) is 14.9 Å². The summed E-state index contributed by atoms with van der Waals surface area (Å²) >= 11 is 0. The second-order valence-corrected chi connectivity index (χ2v) is 12.8. The molecule has 2 aliphatic heterocycles. The third-order valence-corrected chi connectivity index (χ3v) is 8.76. The van der Waals surface area contributed by atoms with Gasteiger partial charge in [-0.3, -0.25) is 9.62 Å². The lowest BCUT2D eigenvalue weighted by Gasteiger charge is -2.46. The molecular weight excluding hydrogens is 553 g/mol. The van der Waals surface area contributed by atoms with Crippen molar-refractivity contribution in [1.29, 1.82) is 0 Å². The third kappa shape index (κ3) is 6.08. The zero-order chi connectivity index (χ0) is 29.5. The van der Waals surface area contributed by atoms with E-state index in [1.54, 1.807) is 26.2 Å². The van der Waals surface area contributed by atoms with Crippen molar-refractivity contribution in [3.8, 4) is 5.75 Å². The Labute approximate surface area is 238 Å². The molecule has 220 valence electrons. The van der Waals surface area contributed by atoms with Crippen molar-refractivity contribution in [3.63, 3.8) is 0 Å². The predicted molar refractivity (Wildman–Crippen MR) is 153 cm³/mol. The Morgan fingerprint density at radius 3 is 2.61 bits per heavy atom. The Morgan fingerprint density at radius 2 is 1.93 bits per heavy atom. The molecule has 13 heteroatoms. The molecule has 11 nitrogen and oxygen atoms in total. The molecule has 3 heterocycles. The van der Waals surface area contributed by atoms with Crippen LogP contribution in [0, 0.1) is 11.2 Å². The Bertz CT molecular complexity index is 1650. The third-order valence-electron chi connectivity index (χ3n) is 7.73. The van der Waals surface area contributed by atoms with Gasteiger partial charge in [-0.2, -0.15) is 8.42 Å². The molecule has 41 heavy (non-hydrogen) atoms. The van der Waals surface area contributed by atoms with Gasteiger partial charge in [-0.15, -0.1) is 0 Å². The number of carbonyl (C=O) groups is 1. The van der Waals surface area contributed by atoms with Gasteiger partial charge in [0.15, 0.2) is 5.82 Å². The molecule has 2 aromatic carbocycles. The maximum absolute atomic E-state index is 15.5. The summed E-state index contributed by atoms with van der Waals surface area (Å²) in [4.78, 5) is 31.4. The second-order valence-electron chi connectivity index (χ2n) is 11.2. The highest BCUT2D eigenvalue weighted by molar-refractivity contribution is 7.90. The molecule has 0 radical (unpaired) electrons. The zero-order valence-corrected chi connectivity index (χ0v) is 24.3. The lowest BCUT2D eigenvalue weighted by molar-refractivity contribution is 0.0301. The van der Waals surface area contributed by atoms with Crippen LogP contribution in [-0.2, 0) is 23.2 Å². The molecule has 1 amide bonds. The number of amides is 1. The van der Waals surface area contributed by atoms with E-state index in [0.717, 1.165) is 32.6 Å². The van der Waals surface area contributed by atoms with E-state index in [1.165, 1.54) is 36.2 Å². The molecule has 0 bridgehead atoms. The average molecular weight is 588 g/mol. The average Bonchev–Trinajstić information content (AvgIpc) is 3.31. The summed E-state index contributed by atoms with van der Waals surface area (Å²) in [5, 5.41) is 0.656. The fraction of sp³-hybridized carbons (Fsp3) is 0.429. The Kier molecular flexibility index (Phi) is 7.81. The van der Waals surface area contributed by atoms with E-state index in [9.17, 15) is 18.0 Å². The van der Waals surface area contributed by atoms with Crippen molar-refractivity contribution < 1.29 is 26.8 Å². The van der Waals surface area contributed by atoms with Crippen LogP contribution >= 0.6 is 0 Å². The number of likely N-dealkylation sites (tertiary alicyclic amines) is 2. The number of hydrogen-bond acceptors (Lipinski definition) is 8. The molecule has 1 aromatic heterocycles. The molecule has 5 rings (SSSR count). The van der Waals surface area contributed by atoms with Gasteiger partial charge in [0.25, 0.3) is 10.2 Å². The first-order chi connectivity index (χ1) is 19.4. The number of halogens is 1. The lowest BCUT2D eigenvalue weighted by Crippen LogP contribution is -2.55. The predicted octanol–water partition coefficient (Wildman–Crippen LogP) is 2.60. The lowest BCUT2D eigenvalue weighted by atomic mass is 9.79. The van der Waals surface area contributed by atoms with E-state index in [4.69, 9.17) is 9.15 Å². The van der Waals surface area contributed by atoms with Gasteiger partial charge in [0.05, 0.1) is 5.69 Å². The second kappa shape index (κ2) is 11.0. The van der Waals surface area contributed by atoms with Gasteiger partial charge in [-0.25, -0.2) is 18.7 Å². The number of nitrogens with zero attached hydrogens (tertiary/aromatic N) is 3. The van der Waals surface area contributed by atoms with Gasteiger partial charge in [0.2, 0.25) is 0 Å². The highest BCUT2D eigenvalue weighted by atomic mass is 32.2. The van der Waals surface area contributed by atoms with E-state index in [2.05, 4.69) is 26.3 Å². The van der Waals surface area contributed by atoms with Crippen molar-refractivity contribution in [2.45, 2.75) is 19.4 Å². The Morgan fingerprint density at radius 1 is 1.17 bits per heavy atom. The molecule has 2 N–H and O–H groups in total. The Hall–Kier alpha value is -3.52. The first kappa shape index (κ1) is 29.0. The molecular formula is C28H34FN5O6S. The maximum Gasteiger partial charge on any atom is 0.414 e. The molecule has 0 aliphatic carbocycles. The molecule has 1 spiro atoms. The number of fused-ring (bicyclic) bond motifs is 1. The quantitative estimate of drug-likeness (QED) is 0.386. The number of benzene rings is 2. The monoisotopic (exact) mass is 587 g/mol. The van der Waals surface area contributed by atoms with Crippen molar-refractivity contribution in [3.05, 3.63) is 69.3 Å². The van der Waals surface area contributed by atoms with Crippen LogP contribution in [0.5, 0.6) is 5.75 Å². The molecule has 0 saturated carbocycles. The number of nitrogens with one attached hydrogen (secondary N) is 2. The van der Waals surface area contributed by atoms with Gasteiger partial charge < -0.3 is 19.0 Å². The standard InChI is InChI=1S/C28H34FN5O6S/c1-30-41(37,38)31-23-7-5-6-18(25(23)29)12-21-22(14-34-11-10-28(17-34)15-33(4)16-28)20-9-8-19(39-27(36)32(2)3)13-24(20)40-26(21)35/h5-9,13,30-31H,10-12,14-17H2,1-4H3. The van der Waals surface area contributed by atoms with Crippen LogP contribution in [-0.4, -0.2) is 83.6 Å². The van der Waals surface area contributed by atoms with Crippen LogP contribution in [0.25, 0.3) is 11.0 Å². The molecule has 2 aliphatic rings. The minimum absolute atomic E-state index is 0.104. The first-order valence-electron chi connectivity index (χ1n) is 13.3. The van der Waals surface area contributed by atoms with Gasteiger partial charge in [0, 0.05) is 76.2 Å². The maximum atomic E-state index is 15.5. The number of carbonyl (C=O) groups excluding carboxylic acids is 1. The highest BCUT2D eigenvalue weighted by Crippen LogP contribution is 2.40. The molecule has 2 fully saturated rings. The van der Waals surface area contributed by atoms with E-state index < -0.39 is 27.7 Å². The summed E-state index contributed by atoms with van der Waals surface area (Å²) in [6, 6.07) is 9.23. The van der Waals surface area contributed by atoms with Gasteiger partial charge in [-0.1, -0.05) is 12.1 Å². The number of hydrogen-bond donors (Lipinski definition) is 2. The minimum atomic E-state index is -3.95. The van der Waals surface area contributed by atoms with Crippen LogP contribution in [0.2, 0.25) is 0 Å². The summed E-state index contributed by atoms with van der Waals surface area (Å²) in [6.07, 6.45) is 0.382. The van der Waals surface area contributed by atoms with Gasteiger partial charge >= 0.3 is 11.7 Å². The summed E-state index contributed by atoms with van der Waals surface area (Å²) < 4.78 is 54.7. The number of ether oxygens (including phenoxy) is 1. The summed E-state index contributed by atoms with van der Waals surface area (Å²) in [7, 11) is 2.50. The Balaban J connectivity index is 1.54. The van der Waals surface area contributed by atoms with Crippen LogP contribution in [0.15, 0.2) is 45.6 Å². The van der Waals surface area contributed by atoms with Gasteiger partial charge in [0.1, 0.15) is 11.3 Å². The van der Waals surface area contributed by atoms with E-state index in [1.807, 2.05) is 0 Å². The minimum Gasteiger partial charge on any atom is -0.422 e. The van der Waals surface area contributed by atoms with Crippen molar-refractivity contribution >= 4 is 33.0 Å². The molecule has 0 atom stereocenters. The summed E-state index contributed by atoms with van der Waals surface area (Å²) in [6.45, 7) is 4.24. The summed E-state index contributed by atoms with van der Waals surface area (Å²) in [5.74, 6) is -0.549.